The average Bonchev–Trinajstić information content (AvgIpc) is 3.15. The second-order valence-corrected chi connectivity index (χ2v) is 7.49. The Morgan fingerprint density at radius 1 is 1.25 bits per heavy atom. The summed E-state index contributed by atoms with van der Waals surface area (Å²) in [4.78, 5) is 13.9. The molecule has 2 atom stereocenters. The van der Waals surface area contributed by atoms with E-state index >= 15 is 0 Å². The van der Waals surface area contributed by atoms with Crippen LogP contribution in [0.25, 0.3) is 0 Å². The van der Waals surface area contributed by atoms with Gasteiger partial charge in [0.15, 0.2) is 0 Å². The number of halogens is 3. The molecule has 2 saturated heterocycles. The topological polar surface area (TPSA) is 50.8 Å². The highest BCUT2D eigenvalue weighted by Gasteiger charge is 2.34. The van der Waals surface area contributed by atoms with Crippen molar-refractivity contribution in [2.75, 3.05) is 38.2 Å². The van der Waals surface area contributed by atoms with E-state index in [0.717, 1.165) is 30.8 Å². The van der Waals surface area contributed by atoms with Crippen molar-refractivity contribution in [3.05, 3.63) is 23.8 Å². The van der Waals surface area contributed by atoms with E-state index in [1.165, 1.54) is 19.2 Å². The fourth-order valence-electron chi connectivity index (χ4n) is 4.36. The Kier molecular flexibility index (Phi) is 6.37. The first-order valence-electron chi connectivity index (χ1n) is 9.75. The first-order chi connectivity index (χ1) is 13.3. The number of hydrogen-bond acceptors (Lipinski definition) is 5. The van der Waals surface area contributed by atoms with Crippen LogP contribution >= 0.6 is 0 Å². The molecule has 0 spiro atoms. The van der Waals surface area contributed by atoms with E-state index in [4.69, 9.17) is 4.74 Å². The lowest BCUT2D eigenvalue weighted by Gasteiger charge is -2.35. The smallest absolute Gasteiger partial charge is 0.469 e. The molecule has 1 aromatic rings. The van der Waals surface area contributed by atoms with Crippen LogP contribution in [0.2, 0.25) is 0 Å². The summed E-state index contributed by atoms with van der Waals surface area (Å²) >= 11 is 0. The Morgan fingerprint density at radius 2 is 1.96 bits per heavy atom. The summed E-state index contributed by atoms with van der Waals surface area (Å²) < 4.78 is 47.1. The number of nitrogens with one attached hydrogen (secondary N) is 1. The Bertz CT molecular complexity index is 688. The first kappa shape index (κ1) is 20.8. The summed E-state index contributed by atoms with van der Waals surface area (Å²) in [5.74, 6) is 0.107. The van der Waals surface area contributed by atoms with Crippen molar-refractivity contribution in [3.63, 3.8) is 0 Å². The standard InChI is InChI=1S/C20H27F3N2O3/c1-3-13-11-24-12-17(13)16-5-4-15(28-20(21,22)23)10-18(16)25-8-6-14(7-9-25)19(26)27-2/h4-5,10,13-14,17,24H,3,6-9,11-12H2,1-2H3/t13-,17-/m0/s1. The number of piperidine rings is 1. The third kappa shape index (κ3) is 4.71. The van der Waals surface area contributed by atoms with Crippen LogP contribution in [0.4, 0.5) is 18.9 Å². The molecule has 0 saturated carbocycles. The summed E-state index contributed by atoms with van der Waals surface area (Å²) in [6, 6.07) is 4.66. The zero-order chi connectivity index (χ0) is 20.3. The molecule has 0 amide bonds. The first-order valence-corrected chi connectivity index (χ1v) is 9.75. The van der Waals surface area contributed by atoms with Gasteiger partial charge in [-0.3, -0.25) is 4.79 Å². The lowest BCUT2D eigenvalue weighted by atomic mass is 9.85. The molecular weight excluding hydrogens is 373 g/mol. The summed E-state index contributed by atoms with van der Waals surface area (Å²) in [6.45, 7) is 5.04. The molecule has 2 heterocycles. The van der Waals surface area contributed by atoms with E-state index in [9.17, 15) is 18.0 Å². The van der Waals surface area contributed by atoms with Gasteiger partial charge in [-0.15, -0.1) is 13.2 Å². The van der Waals surface area contributed by atoms with Crippen molar-refractivity contribution in [2.45, 2.75) is 38.5 Å². The fraction of sp³-hybridized carbons (Fsp3) is 0.650. The van der Waals surface area contributed by atoms with Crippen LogP contribution in [-0.2, 0) is 9.53 Å². The van der Waals surface area contributed by atoms with Gasteiger partial charge in [0.1, 0.15) is 5.75 Å². The van der Waals surface area contributed by atoms with Crippen LogP contribution in [0.5, 0.6) is 5.75 Å². The van der Waals surface area contributed by atoms with Crippen LogP contribution < -0.4 is 15.0 Å². The molecule has 0 radical (unpaired) electrons. The van der Waals surface area contributed by atoms with Crippen LogP contribution in [-0.4, -0.2) is 45.6 Å². The second kappa shape index (κ2) is 8.59. The average molecular weight is 400 g/mol. The normalized spacial score (nSPS) is 23.7. The van der Waals surface area contributed by atoms with E-state index in [1.54, 1.807) is 6.07 Å². The van der Waals surface area contributed by atoms with Gasteiger partial charge in [0.2, 0.25) is 0 Å². The third-order valence-corrected chi connectivity index (χ3v) is 5.87. The van der Waals surface area contributed by atoms with Crippen molar-refractivity contribution in [1.82, 2.24) is 5.32 Å². The number of rotatable bonds is 5. The van der Waals surface area contributed by atoms with E-state index < -0.39 is 6.36 Å². The number of nitrogens with zero attached hydrogens (tertiary/aromatic N) is 1. The van der Waals surface area contributed by atoms with Crippen molar-refractivity contribution in [3.8, 4) is 5.75 Å². The molecule has 0 aliphatic carbocycles. The molecular formula is C20H27F3N2O3. The van der Waals surface area contributed by atoms with Crippen LogP contribution in [0.15, 0.2) is 18.2 Å². The Labute approximate surface area is 163 Å². The van der Waals surface area contributed by atoms with Gasteiger partial charge in [-0.1, -0.05) is 19.4 Å². The van der Waals surface area contributed by atoms with Gasteiger partial charge in [0, 0.05) is 37.3 Å². The van der Waals surface area contributed by atoms with E-state index in [2.05, 4.69) is 21.9 Å². The van der Waals surface area contributed by atoms with Crippen molar-refractivity contribution >= 4 is 11.7 Å². The number of methoxy groups -OCH3 is 1. The second-order valence-electron chi connectivity index (χ2n) is 7.49. The number of carbonyl (C=O) groups excluding carboxylic acids is 1. The Morgan fingerprint density at radius 3 is 2.57 bits per heavy atom. The molecule has 0 bridgehead atoms. The van der Waals surface area contributed by atoms with E-state index in [0.29, 0.717) is 31.8 Å². The zero-order valence-electron chi connectivity index (χ0n) is 16.2. The molecule has 8 heteroatoms. The lowest BCUT2D eigenvalue weighted by Crippen LogP contribution is -2.37. The zero-order valence-corrected chi connectivity index (χ0v) is 16.2. The number of ether oxygens (including phenoxy) is 2. The molecule has 1 N–H and O–H groups in total. The summed E-state index contributed by atoms with van der Waals surface area (Å²) in [5.41, 5.74) is 1.82. The number of esters is 1. The lowest BCUT2D eigenvalue weighted by molar-refractivity contribution is -0.274. The monoisotopic (exact) mass is 400 g/mol. The Balaban J connectivity index is 1.87. The maximum absolute atomic E-state index is 12.7. The van der Waals surface area contributed by atoms with Gasteiger partial charge in [0.25, 0.3) is 0 Å². The highest BCUT2D eigenvalue weighted by Crippen LogP contribution is 2.40. The molecule has 2 fully saturated rings. The van der Waals surface area contributed by atoms with Gasteiger partial charge in [-0.2, -0.15) is 0 Å². The summed E-state index contributed by atoms with van der Waals surface area (Å²) in [7, 11) is 1.38. The molecule has 28 heavy (non-hydrogen) atoms. The minimum Gasteiger partial charge on any atom is -0.469 e. The molecule has 1 aromatic carbocycles. The number of hydrogen-bond donors (Lipinski definition) is 1. The van der Waals surface area contributed by atoms with Gasteiger partial charge < -0.3 is 19.7 Å². The van der Waals surface area contributed by atoms with Gasteiger partial charge >= 0.3 is 12.3 Å². The maximum atomic E-state index is 12.7. The molecule has 156 valence electrons. The summed E-state index contributed by atoms with van der Waals surface area (Å²) in [6.07, 6.45) is -2.48. The van der Waals surface area contributed by atoms with E-state index in [-0.39, 0.29) is 23.6 Å². The predicted octanol–water partition coefficient (Wildman–Crippen LogP) is 3.69. The van der Waals surface area contributed by atoms with E-state index in [1.807, 2.05) is 0 Å². The third-order valence-electron chi connectivity index (χ3n) is 5.87. The number of alkyl halides is 3. The van der Waals surface area contributed by atoms with Gasteiger partial charge in [-0.05, 0) is 36.9 Å². The van der Waals surface area contributed by atoms with Crippen molar-refractivity contribution in [1.29, 1.82) is 0 Å². The predicted molar refractivity (Wildman–Crippen MR) is 99.5 cm³/mol. The quantitative estimate of drug-likeness (QED) is 0.764. The largest absolute Gasteiger partial charge is 0.573 e. The minimum absolute atomic E-state index is 0.157. The molecule has 2 aliphatic rings. The maximum Gasteiger partial charge on any atom is 0.573 e. The fourth-order valence-corrected chi connectivity index (χ4v) is 4.36. The van der Waals surface area contributed by atoms with Gasteiger partial charge in [-0.25, -0.2) is 0 Å². The molecule has 0 unspecified atom stereocenters. The molecule has 0 aromatic heterocycles. The SMILES string of the molecule is CC[C@H]1CNC[C@@H]1c1ccc(OC(F)(F)F)cc1N1CCC(C(=O)OC)CC1. The Hall–Kier alpha value is -1.96. The molecule has 3 rings (SSSR count). The highest BCUT2D eigenvalue weighted by atomic mass is 19.4. The highest BCUT2D eigenvalue weighted by molar-refractivity contribution is 5.73. The molecule has 5 nitrogen and oxygen atoms in total. The number of carbonyl (C=O) groups is 1. The van der Waals surface area contributed by atoms with Crippen LogP contribution in [0, 0.1) is 11.8 Å². The van der Waals surface area contributed by atoms with Crippen molar-refractivity contribution < 1.29 is 27.4 Å². The van der Waals surface area contributed by atoms with Gasteiger partial charge in [0.05, 0.1) is 13.0 Å². The number of anilines is 1. The molecule has 2 aliphatic heterocycles. The van der Waals surface area contributed by atoms with Crippen LogP contribution in [0.1, 0.15) is 37.7 Å². The summed E-state index contributed by atoms with van der Waals surface area (Å²) in [5, 5.41) is 3.39. The van der Waals surface area contributed by atoms with Crippen molar-refractivity contribution in [2.24, 2.45) is 11.8 Å². The minimum atomic E-state index is -4.72. The van der Waals surface area contributed by atoms with Crippen LogP contribution in [0.3, 0.4) is 0 Å². The number of benzene rings is 1.